The summed E-state index contributed by atoms with van der Waals surface area (Å²) in [5.74, 6) is -0.150. The average molecular weight is 467 g/mol. The Hall–Kier alpha value is -2.22. The molecule has 2 aromatic heterocycles. The van der Waals surface area contributed by atoms with Gasteiger partial charge >= 0.3 is 6.18 Å². The Morgan fingerprint density at radius 3 is 2.63 bits per heavy atom. The number of aromatic nitrogens is 3. The molecular formula is C16H18ClF3N6O3S. The molecule has 30 heavy (non-hydrogen) atoms. The van der Waals surface area contributed by atoms with Gasteiger partial charge in [-0.15, -0.1) is 0 Å². The lowest BCUT2D eigenvalue weighted by molar-refractivity contribution is -0.137. The zero-order valence-corrected chi connectivity index (χ0v) is 17.0. The van der Waals surface area contributed by atoms with Crippen LogP contribution in [-0.4, -0.2) is 42.8 Å². The summed E-state index contributed by atoms with van der Waals surface area (Å²) in [4.78, 5) is 18.1. The van der Waals surface area contributed by atoms with E-state index in [1.54, 1.807) is 4.90 Å². The smallest absolute Gasteiger partial charge is 0.369 e. The van der Waals surface area contributed by atoms with Gasteiger partial charge in [0.2, 0.25) is 0 Å². The SMILES string of the molecule is NS(=O)(=O)NC[C@@H]1CCCN(c2cnn(-c3ccc(C(F)(F)F)cn3)c(=O)c2Cl)C1. The van der Waals surface area contributed by atoms with E-state index < -0.39 is 27.5 Å². The number of pyridine rings is 1. The highest BCUT2D eigenvalue weighted by Crippen LogP contribution is 2.29. The van der Waals surface area contributed by atoms with Gasteiger partial charge in [-0.2, -0.15) is 31.4 Å². The summed E-state index contributed by atoms with van der Waals surface area (Å²) in [5.41, 5.74) is -1.33. The van der Waals surface area contributed by atoms with Crippen LogP contribution in [0.1, 0.15) is 18.4 Å². The van der Waals surface area contributed by atoms with Crippen LogP contribution in [0.4, 0.5) is 18.9 Å². The van der Waals surface area contributed by atoms with Crippen molar-refractivity contribution in [1.82, 2.24) is 19.5 Å². The van der Waals surface area contributed by atoms with Gasteiger partial charge in [0, 0.05) is 25.8 Å². The Morgan fingerprint density at radius 2 is 2.03 bits per heavy atom. The lowest BCUT2D eigenvalue weighted by Gasteiger charge is -2.34. The van der Waals surface area contributed by atoms with Crippen molar-refractivity contribution in [2.24, 2.45) is 11.1 Å². The zero-order valence-electron chi connectivity index (χ0n) is 15.4. The van der Waals surface area contributed by atoms with Crippen LogP contribution in [0.15, 0.2) is 29.3 Å². The minimum absolute atomic E-state index is 0.0489. The van der Waals surface area contributed by atoms with E-state index in [-0.39, 0.29) is 23.3 Å². The predicted octanol–water partition coefficient (Wildman–Crippen LogP) is 1.31. The standard InChI is InChI=1S/C16H18ClF3N6O3S/c17-14-12(25-5-1-2-10(9-25)6-24-30(21,28)29)8-23-26(15(14)27)13-4-3-11(7-22-13)16(18,19)20/h3-4,7-8,10,24H,1-2,5-6,9H2,(H2,21,28,29)/t10-/m0/s1. The van der Waals surface area contributed by atoms with Crippen LogP contribution in [-0.2, 0) is 16.4 Å². The minimum atomic E-state index is -4.55. The summed E-state index contributed by atoms with van der Waals surface area (Å²) in [7, 11) is -3.81. The Labute approximate surface area is 174 Å². The normalized spacial score (nSPS) is 17.9. The monoisotopic (exact) mass is 466 g/mol. The largest absolute Gasteiger partial charge is 0.417 e. The van der Waals surface area contributed by atoms with E-state index in [4.69, 9.17) is 16.7 Å². The van der Waals surface area contributed by atoms with Crippen LogP contribution < -0.4 is 20.3 Å². The van der Waals surface area contributed by atoms with Crippen molar-refractivity contribution in [2.45, 2.75) is 19.0 Å². The van der Waals surface area contributed by atoms with Gasteiger partial charge in [-0.3, -0.25) is 4.79 Å². The average Bonchev–Trinajstić information content (AvgIpc) is 2.68. The summed E-state index contributed by atoms with van der Waals surface area (Å²) in [6.07, 6.45) is -1.11. The highest BCUT2D eigenvalue weighted by atomic mass is 35.5. The number of nitrogens with two attached hydrogens (primary N) is 1. The molecule has 3 rings (SSSR count). The molecule has 3 N–H and O–H groups in total. The third kappa shape index (κ3) is 5.28. The summed E-state index contributed by atoms with van der Waals surface area (Å²) >= 11 is 6.23. The molecular weight excluding hydrogens is 449 g/mol. The van der Waals surface area contributed by atoms with Gasteiger partial charge in [-0.1, -0.05) is 11.6 Å². The Morgan fingerprint density at radius 1 is 1.30 bits per heavy atom. The van der Waals surface area contributed by atoms with E-state index in [1.807, 2.05) is 0 Å². The molecule has 0 bridgehead atoms. The molecule has 0 spiro atoms. The molecule has 2 aromatic rings. The summed E-state index contributed by atoms with van der Waals surface area (Å²) in [6.45, 7) is 1.15. The van der Waals surface area contributed by atoms with Crippen LogP contribution in [0, 0.1) is 5.92 Å². The second-order valence-corrected chi connectivity index (χ2v) is 8.57. The summed E-state index contributed by atoms with van der Waals surface area (Å²) in [5, 5.41) is 8.78. The topological polar surface area (TPSA) is 123 Å². The molecule has 164 valence electrons. The lowest BCUT2D eigenvalue weighted by atomic mass is 9.98. The van der Waals surface area contributed by atoms with Crippen molar-refractivity contribution < 1.29 is 21.6 Å². The van der Waals surface area contributed by atoms with Crippen LogP contribution in [0.3, 0.4) is 0 Å². The maximum Gasteiger partial charge on any atom is 0.417 e. The highest BCUT2D eigenvalue weighted by molar-refractivity contribution is 7.87. The lowest BCUT2D eigenvalue weighted by Crippen LogP contribution is -2.43. The summed E-state index contributed by atoms with van der Waals surface area (Å²) < 4.78 is 63.3. The molecule has 1 saturated heterocycles. The number of hydrogen-bond donors (Lipinski definition) is 2. The fraction of sp³-hybridized carbons (Fsp3) is 0.438. The predicted molar refractivity (Wildman–Crippen MR) is 104 cm³/mol. The van der Waals surface area contributed by atoms with E-state index in [0.717, 1.165) is 29.7 Å². The van der Waals surface area contributed by atoms with Crippen molar-refractivity contribution in [1.29, 1.82) is 0 Å². The van der Waals surface area contributed by atoms with E-state index in [9.17, 15) is 26.4 Å². The molecule has 0 aliphatic carbocycles. The second-order valence-electron chi connectivity index (χ2n) is 6.81. The van der Waals surface area contributed by atoms with Crippen molar-refractivity contribution in [3.8, 4) is 5.82 Å². The first-order chi connectivity index (χ1) is 14.0. The van der Waals surface area contributed by atoms with Crippen molar-refractivity contribution >= 4 is 27.5 Å². The molecule has 9 nitrogen and oxygen atoms in total. The van der Waals surface area contributed by atoms with Gasteiger partial charge in [0.05, 0.1) is 17.4 Å². The van der Waals surface area contributed by atoms with Gasteiger partial charge in [0.15, 0.2) is 5.82 Å². The quantitative estimate of drug-likeness (QED) is 0.684. The van der Waals surface area contributed by atoms with Crippen LogP contribution in [0.5, 0.6) is 0 Å². The zero-order chi connectivity index (χ0) is 22.1. The maximum absolute atomic E-state index is 12.7. The van der Waals surface area contributed by atoms with Crippen molar-refractivity contribution in [2.75, 3.05) is 24.5 Å². The number of rotatable bonds is 5. The number of alkyl halides is 3. The van der Waals surface area contributed by atoms with Gasteiger partial charge in [0.1, 0.15) is 5.02 Å². The minimum Gasteiger partial charge on any atom is -0.369 e. The Bertz CT molecular complexity index is 1080. The molecule has 1 fully saturated rings. The number of nitrogens with one attached hydrogen (secondary N) is 1. The first kappa shape index (κ1) is 22.5. The first-order valence-electron chi connectivity index (χ1n) is 8.79. The number of anilines is 1. The first-order valence-corrected chi connectivity index (χ1v) is 10.7. The third-order valence-electron chi connectivity index (χ3n) is 4.63. The Balaban J connectivity index is 1.82. The molecule has 1 atom stereocenters. The van der Waals surface area contributed by atoms with Gasteiger partial charge in [-0.25, -0.2) is 14.8 Å². The third-order valence-corrected chi connectivity index (χ3v) is 5.55. The van der Waals surface area contributed by atoms with Crippen LogP contribution in [0.25, 0.3) is 5.82 Å². The van der Waals surface area contributed by atoms with E-state index in [2.05, 4.69) is 14.8 Å². The molecule has 14 heteroatoms. The van der Waals surface area contributed by atoms with E-state index in [1.165, 1.54) is 6.20 Å². The number of halogens is 4. The fourth-order valence-electron chi connectivity index (χ4n) is 3.17. The van der Waals surface area contributed by atoms with Gasteiger partial charge in [-0.05, 0) is 30.9 Å². The maximum atomic E-state index is 12.7. The molecule has 0 unspecified atom stereocenters. The van der Waals surface area contributed by atoms with Gasteiger partial charge in [0.25, 0.3) is 15.8 Å². The van der Waals surface area contributed by atoms with Gasteiger partial charge < -0.3 is 4.90 Å². The molecule has 1 aliphatic rings. The molecule has 1 aliphatic heterocycles. The fourth-order valence-corrected chi connectivity index (χ4v) is 3.89. The molecule has 0 radical (unpaired) electrons. The molecule has 0 saturated carbocycles. The summed E-state index contributed by atoms with van der Waals surface area (Å²) in [6, 6.07) is 1.83. The molecule has 0 aromatic carbocycles. The van der Waals surface area contributed by atoms with E-state index >= 15 is 0 Å². The van der Waals surface area contributed by atoms with Crippen LogP contribution >= 0.6 is 11.6 Å². The number of piperidine rings is 1. The molecule has 0 amide bonds. The van der Waals surface area contributed by atoms with E-state index in [0.29, 0.717) is 25.0 Å². The van der Waals surface area contributed by atoms with Crippen LogP contribution in [0.2, 0.25) is 5.02 Å². The Kier molecular flexibility index (Phi) is 6.36. The molecule has 3 heterocycles. The number of nitrogens with zero attached hydrogens (tertiary/aromatic N) is 4. The highest BCUT2D eigenvalue weighted by Gasteiger charge is 2.31. The number of hydrogen-bond acceptors (Lipinski definition) is 6. The second kappa shape index (κ2) is 8.49. The van der Waals surface area contributed by atoms with Crippen molar-refractivity contribution in [3.63, 3.8) is 0 Å². The van der Waals surface area contributed by atoms with Crippen molar-refractivity contribution in [3.05, 3.63) is 45.5 Å².